The molecule has 1 amide bonds. The fourth-order valence-electron chi connectivity index (χ4n) is 5.13. The van der Waals surface area contributed by atoms with E-state index in [0.717, 1.165) is 16.8 Å². The molecule has 0 fully saturated rings. The highest BCUT2D eigenvalue weighted by Crippen LogP contribution is 2.48. The summed E-state index contributed by atoms with van der Waals surface area (Å²) in [7, 11) is 0. The summed E-state index contributed by atoms with van der Waals surface area (Å²) < 4.78 is 6.30. The van der Waals surface area contributed by atoms with Gasteiger partial charge in [-0.15, -0.1) is 0 Å². The minimum atomic E-state index is -0.768. The van der Waals surface area contributed by atoms with Gasteiger partial charge in [0.1, 0.15) is 17.3 Å². The van der Waals surface area contributed by atoms with Crippen LogP contribution in [0.5, 0.6) is 0 Å². The maximum absolute atomic E-state index is 13.6. The Balaban J connectivity index is 1.58. The second kappa shape index (κ2) is 9.10. The maximum Gasteiger partial charge on any atom is 0.235 e. The molecule has 36 heavy (non-hydrogen) atoms. The second-order valence-corrected chi connectivity index (χ2v) is 10.8. The van der Waals surface area contributed by atoms with Crippen molar-refractivity contribution < 1.29 is 14.0 Å². The summed E-state index contributed by atoms with van der Waals surface area (Å²) in [6.07, 6.45) is 2.77. The van der Waals surface area contributed by atoms with E-state index in [0.29, 0.717) is 46.5 Å². The zero-order valence-corrected chi connectivity index (χ0v) is 21.3. The Morgan fingerprint density at radius 1 is 1.19 bits per heavy atom. The zero-order chi connectivity index (χ0) is 25.6. The van der Waals surface area contributed by atoms with Gasteiger partial charge in [-0.2, -0.15) is 0 Å². The number of allylic oxidation sites excluding steroid dienone is 2. The molecule has 1 aromatic carbocycles. The molecule has 7 heteroatoms. The van der Waals surface area contributed by atoms with E-state index < -0.39 is 11.8 Å². The minimum Gasteiger partial charge on any atom is -0.460 e. The van der Waals surface area contributed by atoms with E-state index in [4.69, 9.17) is 16.0 Å². The number of pyridine rings is 1. The predicted octanol–water partition coefficient (Wildman–Crippen LogP) is 6.40. The number of aromatic nitrogens is 1. The van der Waals surface area contributed by atoms with Crippen molar-refractivity contribution in [1.29, 1.82) is 0 Å². The molecule has 184 valence electrons. The van der Waals surface area contributed by atoms with Gasteiger partial charge in [0.25, 0.3) is 0 Å². The van der Waals surface area contributed by atoms with Crippen LogP contribution in [0.2, 0.25) is 5.02 Å². The molecule has 2 N–H and O–H groups in total. The molecule has 2 unspecified atom stereocenters. The van der Waals surface area contributed by atoms with Crippen LogP contribution in [-0.4, -0.2) is 16.7 Å². The SMILES string of the molecule is C=C1NC2=C(C(=O)CC(C)(C)C2)C(c2ccc(-c3cccc(Cl)c3)o2)C1C(=O)Nc1ccc(C)cn1. The van der Waals surface area contributed by atoms with Gasteiger partial charge in [-0.05, 0) is 54.7 Å². The fraction of sp³-hybridized carbons (Fsp3) is 0.276. The number of carbonyl (C=O) groups is 2. The van der Waals surface area contributed by atoms with Crippen LogP contribution in [0.3, 0.4) is 0 Å². The van der Waals surface area contributed by atoms with E-state index in [-0.39, 0.29) is 17.1 Å². The summed E-state index contributed by atoms with van der Waals surface area (Å²) in [5.41, 5.74) is 3.54. The van der Waals surface area contributed by atoms with E-state index in [1.165, 1.54) is 0 Å². The first-order valence-electron chi connectivity index (χ1n) is 11.9. The molecule has 0 bridgehead atoms. The number of aryl methyl sites for hydroxylation is 1. The van der Waals surface area contributed by atoms with Crippen LogP contribution in [0.4, 0.5) is 5.82 Å². The lowest BCUT2D eigenvalue weighted by molar-refractivity contribution is -0.120. The number of rotatable bonds is 4. The lowest BCUT2D eigenvalue weighted by Crippen LogP contribution is -2.44. The molecule has 1 aliphatic heterocycles. The number of hydrogen-bond donors (Lipinski definition) is 2. The van der Waals surface area contributed by atoms with Crippen molar-refractivity contribution in [2.24, 2.45) is 11.3 Å². The quantitative estimate of drug-likeness (QED) is 0.432. The summed E-state index contributed by atoms with van der Waals surface area (Å²) in [4.78, 5) is 31.4. The molecule has 0 radical (unpaired) electrons. The Kier molecular flexibility index (Phi) is 6.08. The van der Waals surface area contributed by atoms with Gasteiger partial charge in [0.05, 0.1) is 11.8 Å². The van der Waals surface area contributed by atoms with Gasteiger partial charge < -0.3 is 15.1 Å². The molecule has 2 atom stereocenters. The Morgan fingerprint density at radius 3 is 2.72 bits per heavy atom. The van der Waals surface area contributed by atoms with Crippen molar-refractivity contribution in [2.45, 2.75) is 39.5 Å². The number of halogens is 1. The highest BCUT2D eigenvalue weighted by atomic mass is 35.5. The van der Waals surface area contributed by atoms with Crippen LogP contribution in [0, 0.1) is 18.3 Å². The van der Waals surface area contributed by atoms with Gasteiger partial charge in [-0.25, -0.2) is 4.98 Å². The highest BCUT2D eigenvalue weighted by Gasteiger charge is 2.47. The number of carbonyl (C=O) groups excluding carboxylic acids is 2. The number of furan rings is 1. The molecular weight excluding hydrogens is 474 g/mol. The normalized spacial score (nSPS) is 21.1. The van der Waals surface area contributed by atoms with Crippen molar-refractivity contribution in [3.05, 3.63) is 94.6 Å². The highest BCUT2D eigenvalue weighted by molar-refractivity contribution is 6.30. The van der Waals surface area contributed by atoms with Crippen molar-refractivity contribution in [2.75, 3.05) is 5.32 Å². The van der Waals surface area contributed by atoms with E-state index in [1.807, 2.05) is 43.3 Å². The molecule has 0 spiro atoms. The van der Waals surface area contributed by atoms with Gasteiger partial charge in [0.15, 0.2) is 5.78 Å². The predicted molar refractivity (Wildman–Crippen MR) is 140 cm³/mol. The summed E-state index contributed by atoms with van der Waals surface area (Å²) in [5.74, 6) is -0.0953. The summed E-state index contributed by atoms with van der Waals surface area (Å²) in [6.45, 7) is 10.3. The Bertz CT molecular complexity index is 1400. The monoisotopic (exact) mass is 501 g/mol. The largest absolute Gasteiger partial charge is 0.460 e. The lowest BCUT2D eigenvalue weighted by atomic mass is 9.67. The molecule has 5 rings (SSSR count). The number of benzene rings is 1. The van der Waals surface area contributed by atoms with E-state index in [9.17, 15) is 9.59 Å². The van der Waals surface area contributed by atoms with E-state index in [1.54, 1.807) is 18.3 Å². The summed E-state index contributed by atoms with van der Waals surface area (Å²) in [6, 6.07) is 14.7. The molecule has 6 nitrogen and oxygen atoms in total. The van der Waals surface area contributed by atoms with Crippen LogP contribution in [0.25, 0.3) is 11.3 Å². The number of amides is 1. The summed E-state index contributed by atoms with van der Waals surface area (Å²) >= 11 is 6.19. The average Bonchev–Trinajstić information content (AvgIpc) is 3.29. The van der Waals surface area contributed by atoms with Crippen molar-refractivity contribution in [3.63, 3.8) is 0 Å². The number of nitrogens with one attached hydrogen (secondary N) is 2. The van der Waals surface area contributed by atoms with Gasteiger partial charge in [-0.3, -0.25) is 9.59 Å². The molecule has 0 saturated carbocycles. The molecule has 2 aromatic heterocycles. The molecule has 3 aromatic rings. The third-order valence-corrected chi connectivity index (χ3v) is 6.97. The van der Waals surface area contributed by atoms with E-state index in [2.05, 4.69) is 36.0 Å². The second-order valence-electron chi connectivity index (χ2n) is 10.4. The van der Waals surface area contributed by atoms with E-state index >= 15 is 0 Å². The van der Waals surface area contributed by atoms with Gasteiger partial charge >= 0.3 is 0 Å². The number of ketones is 1. The van der Waals surface area contributed by atoms with Crippen LogP contribution >= 0.6 is 11.6 Å². The van der Waals surface area contributed by atoms with Crippen LogP contribution in [0.1, 0.15) is 43.9 Å². The Labute approximate surface area is 215 Å². The first kappa shape index (κ1) is 24.1. The standard InChI is InChI=1S/C29H28ClN3O3/c1-16-8-11-24(31-15-16)33-28(35)25-17(2)32-20-13-29(3,4)14-21(34)26(20)27(25)23-10-9-22(36-23)18-6-5-7-19(30)12-18/h5-12,15,25,27,32H,2,13-14H2,1,3-4H3,(H,31,33,35). The average molecular weight is 502 g/mol. The Morgan fingerprint density at radius 2 is 2.00 bits per heavy atom. The summed E-state index contributed by atoms with van der Waals surface area (Å²) in [5, 5.41) is 6.79. The number of nitrogens with zero attached hydrogens (tertiary/aromatic N) is 1. The van der Waals surface area contributed by atoms with Gasteiger partial charge in [0.2, 0.25) is 5.91 Å². The first-order valence-corrected chi connectivity index (χ1v) is 12.3. The van der Waals surface area contributed by atoms with Gasteiger partial charge in [-0.1, -0.05) is 50.2 Å². The maximum atomic E-state index is 13.6. The molecule has 1 aliphatic carbocycles. The molecule has 3 heterocycles. The molecular formula is C29H28ClN3O3. The van der Waals surface area contributed by atoms with Crippen molar-refractivity contribution in [3.8, 4) is 11.3 Å². The first-order chi connectivity index (χ1) is 17.1. The minimum absolute atomic E-state index is 0.0122. The van der Waals surface area contributed by atoms with Gasteiger partial charge in [0, 0.05) is 40.2 Å². The number of anilines is 1. The third-order valence-electron chi connectivity index (χ3n) is 6.74. The zero-order valence-electron chi connectivity index (χ0n) is 20.5. The number of hydrogen-bond acceptors (Lipinski definition) is 5. The third kappa shape index (κ3) is 4.61. The topological polar surface area (TPSA) is 84.2 Å². The Hall–Kier alpha value is -3.64. The van der Waals surface area contributed by atoms with Crippen LogP contribution in [0.15, 0.2) is 82.7 Å². The molecule has 0 saturated heterocycles. The van der Waals surface area contributed by atoms with Crippen molar-refractivity contribution >= 4 is 29.1 Å². The van der Waals surface area contributed by atoms with Crippen LogP contribution in [-0.2, 0) is 9.59 Å². The van der Waals surface area contributed by atoms with Crippen LogP contribution < -0.4 is 10.6 Å². The smallest absolute Gasteiger partial charge is 0.235 e. The molecule has 2 aliphatic rings. The fourth-order valence-corrected chi connectivity index (χ4v) is 5.32. The lowest BCUT2D eigenvalue weighted by Gasteiger charge is -2.41. The number of Topliss-reactive ketones (excluding diaryl/α,β-unsaturated/α-hetero) is 1. The van der Waals surface area contributed by atoms with Crippen molar-refractivity contribution in [1.82, 2.24) is 10.3 Å².